The lowest BCUT2D eigenvalue weighted by Crippen LogP contribution is -2.53. The maximum absolute atomic E-state index is 10.5. The molecule has 7 unspecified atom stereocenters. The van der Waals surface area contributed by atoms with Crippen LogP contribution in [0.3, 0.4) is 0 Å². The third-order valence-electron chi connectivity index (χ3n) is 10.4. The predicted molar refractivity (Wildman–Crippen MR) is 114 cm³/mol. The van der Waals surface area contributed by atoms with E-state index in [9.17, 15) is 5.11 Å². The van der Waals surface area contributed by atoms with Crippen molar-refractivity contribution in [2.24, 2.45) is 23.2 Å². The number of thiol groups is 1. The zero-order valence-corrected chi connectivity index (χ0v) is 18.0. The molecule has 1 radical (unpaired) electrons. The molecule has 1 nitrogen and oxygen atoms in total. The minimum Gasteiger partial charge on any atom is -0.393 e. The standard InChI is InChI=1S/C21H36BOS2/c1-4-14-11-18-21(19(2)7-5-16(23)12-17(14)19)9-8-20(3)15(13-22-24)6-10-25(18,20)21/h14-18,23-24H,4-13H2,1-3H3/t14-,15?,16+,17?,18?,19?,20?,21?/m0/s1. The zero-order valence-electron chi connectivity index (χ0n) is 16.3. The Hall–Kier alpha value is 0.725. The Morgan fingerprint density at radius 1 is 1.16 bits per heavy atom. The molecule has 4 heteroatoms. The van der Waals surface area contributed by atoms with Crippen LogP contribution in [-0.4, -0.2) is 38.3 Å². The lowest BCUT2D eigenvalue weighted by molar-refractivity contribution is -0.0503. The molecule has 5 rings (SSSR count). The van der Waals surface area contributed by atoms with Crippen LogP contribution in [0, 0.1) is 23.2 Å². The van der Waals surface area contributed by atoms with Gasteiger partial charge >= 0.3 is 0 Å². The van der Waals surface area contributed by atoms with Crippen LogP contribution >= 0.6 is 22.5 Å². The summed E-state index contributed by atoms with van der Waals surface area (Å²) in [6.07, 6.45) is 12.0. The highest BCUT2D eigenvalue weighted by Gasteiger charge is 2.89. The molecule has 5 fully saturated rings. The lowest BCUT2D eigenvalue weighted by Gasteiger charge is -2.55. The molecule has 25 heavy (non-hydrogen) atoms. The molecule has 3 saturated heterocycles. The Labute approximate surface area is 162 Å². The topological polar surface area (TPSA) is 20.2 Å². The number of rotatable bonds is 3. The third-order valence-corrected chi connectivity index (χ3v) is 17.2. The summed E-state index contributed by atoms with van der Waals surface area (Å²) in [4.78, 5) is 0. The molecule has 2 spiro atoms. The largest absolute Gasteiger partial charge is 0.393 e. The second-order valence-electron chi connectivity index (χ2n) is 10.4. The second kappa shape index (κ2) is 5.41. The van der Waals surface area contributed by atoms with Crippen molar-refractivity contribution in [3.63, 3.8) is 0 Å². The highest BCUT2D eigenvalue weighted by Crippen LogP contribution is 3.03. The summed E-state index contributed by atoms with van der Waals surface area (Å²) in [5.41, 5.74) is 0.530. The van der Waals surface area contributed by atoms with Crippen molar-refractivity contribution in [1.29, 1.82) is 0 Å². The van der Waals surface area contributed by atoms with Crippen LogP contribution in [0.15, 0.2) is 0 Å². The number of hydrogen-bond acceptors (Lipinski definition) is 2. The van der Waals surface area contributed by atoms with Crippen molar-refractivity contribution >= 4 is 29.1 Å². The maximum atomic E-state index is 10.5. The van der Waals surface area contributed by atoms with Crippen LogP contribution < -0.4 is 0 Å². The van der Waals surface area contributed by atoms with Crippen molar-refractivity contribution in [3.05, 3.63) is 0 Å². The van der Waals surface area contributed by atoms with E-state index in [1.54, 1.807) is 5.75 Å². The molecule has 9 atom stereocenters. The van der Waals surface area contributed by atoms with Gasteiger partial charge in [0.25, 0.3) is 0 Å². The van der Waals surface area contributed by atoms with E-state index in [1.807, 2.05) is 0 Å². The average molecular weight is 379 g/mol. The molecule has 0 amide bonds. The normalized spacial score (nSPS) is 64.4. The Balaban J connectivity index is 1.59. The van der Waals surface area contributed by atoms with Crippen molar-refractivity contribution in [2.45, 2.75) is 99.3 Å². The summed E-state index contributed by atoms with van der Waals surface area (Å²) in [5.74, 6) is 4.15. The fourth-order valence-electron chi connectivity index (χ4n) is 9.31. The van der Waals surface area contributed by atoms with Crippen molar-refractivity contribution < 1.29 is 5.11 Å². The van der Waals surface area contributed by atoms with Gasteiger partial charge in [-0.25, -0.2) is 22.5 Å². The summed E-state index contributed by atoms with van der Waals surface area (Å²) < 4.78 is 1.35. The molecule has 0 aromatic rings. The first kappa shape index (κ1) is 17.8. The lowest BCUT2D eigenvalue weighted by atomic mass is 9.50. The van der Waals surface area contributed by atoms with Gasteiger partial charge in [-0.05, 0) is 73.9 Å². The van der Waals surface area contributed by atoms with E-state index in [4.69, 9.17) is 0 Å². The number of aliphatic hydroxyl groups excluding tert-OH is 1. The van der Waals surface area contributed by atoms with Crippen molar-refractivity contribution in [1.82, 2.24) is 0 Å². The van der Waals surface area contributed by atoms with Crippen molar-refractivity contribution in [2.75, 3.05) is 5.75 Å². The van der Waals surface area contributed by atoms with Crippen LogP contribution in [0.25, 0.3) is 0 Å². The van der Waals surface area contributed by atoms with Crippen molar-refractivity contribution in [3.8, 4) is 0 Å². The summed E-state index contributed by atoms with van der Waals surface area (Å²) >= 11 is 4.49. The van der Waals surface area contributed by atoms with Gasteiger partial charge in [0.05, 0.1) is 6.10 Å². The summed E-state index contributed by atoms with van der Waals surface area (Å²) in [6.45, 7) is 9.98. The Morgan fingerprint density at radius 2 is 1.96 bits per heavy atom. The van der Waals surface area contributed by atoms with E-state index in [1.165, 1.54) is 44.8 Å². The minimum absolute atomic E-state index is 0.0207. The predicted octanol–water partition coefficient (Wildman–Crippen LogP) is 5.05. The Morgan fingerprint density at radius 3 is 2.68 bits per heavy atom. The highest BCUT2D eigenvalue weighted by atomic mass is 32.3. The molecular weight excluding hydrogens is 343 g/mol. The molecule has 2 aliphatic carbocycles. The first-order valence-electron chi connectivity index (χ1n) is 10.8. The van der Waals surface area contributed by atoms with E-state index >= 15 is 0 Å². The van der Waals surface area contributed by atoms with Gasteiger partial charge in [-0.2, -0.15) is 0 Å². The number of hydrogen-bond donors (Lipinski definition) is 2. The molecular formula is C21H36BOS2. The Kier molecular flexibility index (Phi) is 3.85. The van der Waals surface area contributed by atoms with E-state index in [-0.39, 0.29) is 6.10 Å². The summed E-state index contributed by atoms with van der Waals surface area (Å²) in [6, 6.07) is 0. The SMILES string of the molecule is CC[C@H]1CC2C3(CCC4(C)C(C[B]S)CCS243)C2(C)CC[C@@H](O)CC12. The highest BCUT2D eigenvalue weighted by molar-refractivity contribution is 8.42. The molecule has 141 valence electrons. The van der Waals surface area contributed by atoms with Crippen LogP contribution in [0.1, 0.15) is 72.1 Å². The smallest absolute Gasteiger partial charge is 0.187 e. The van der Waals surface area contributed by atoms with Gasteiger partial charge < -0.3 is 5.11 Å². The molecule has 0 aromatic carbocycles. The van der Waals surface area contributed by atoms with Crippen LogP contribution in [-0.2, 0) is 0 Å². The molecule has 2 saturated carbocycles. The Bertz CT molecular complexity index is 586. The fraction of sp³-hybridized carbons (Fsp3) is 1.00. The molecule has 0 aromatic heterocycles. The van der Waals surface area contributed by atoms with Gasteiger partial charge in [0.1, 0.15) is 0 Å². The van der Waals surface area contributed by atoms with Crippen LogP contribution in [0.5, 0.6) is 0 Å². The van der Waals surface area contributed by atoms with E-state index in [0.29, 0.717) is 14.9 Å². The molecule has 3 aliphatic heterocycles. The minimum atomic E-state index is -0.478. The molecule has 1 N–H and O–H groups in total. The fourth-order valence-corrected chi connectivity index (χ4v) is 18.2. The average Bonchev–Trinajstić information content (AvgIpc) is 2.93. The molecule has 0 bridgehead atoms. The number of fused-ring (bicyclic) bond motifs is 1. The maximum Gasteiger partial charge on any atom is 0.187 e. The van der Waals surface area contributed by atoms with Gasteiger partial charge in [0.2, 0.25) is 0 Å². The van der Waals surface area contributed by atoms with Gasteiger partial charge in [-0.15, -0.1) is 0 Å². The van der Waals surface area contributed by atoms with E-state index in [0.717, 1.165) is 35.8 Å². The summed E-state index contributed by atoms with van der Waals surface area (Å²) in [5, 5.41) is 11.5. The first-order chi connectivity index (χ1) is 11.9. The van der Waals surface area contributed by atoms with E-state index in [2.05, 4.69) is 39.8 Å². The quantitative estimate of drug-likeness (QED) is 0.399. The molecule has 3 heterocycles. The van der Waals surface area contributed by atoms with Gasteiger partial charge in [0, 0.05) is 14.7 Å². The zero-order chi connectivity index (χ0) is 17.7. The second-order valence-corrected chi connectivity index (χ2v) is 15.0. The summed E-state index contributed by atoms with van der Waals surface area (Å²) in [7, 11) is -0.478. The van der Waals surface area contributed by atoms with E-state index < -0.39 is 10.0 Å². The van der Waals surface area contributed by atoms with Crippen LogP contribution in [0.2, 0.25) is 6.32 Å². The van der Waals surface area contributed by atoms with Gasteiger partial charge in [-0.1, -0.05) is 33.5 Å². The third kappa shape index (κ3) is 1.74. The number of aliphatic hydroxyl groups is 1. The van der Waals surface area contributed by atoms with Crippen LogP contribution in [0.4, 0.5) is 0 Å². The first-order valence-corrected chi connectivity index (χ1v) is 13.2. The molecule has 5 aliphatic rings. The van der Waals surface area contributed by atoms with Gasteiger partial charge in [-0.3, -0.25) is 0 Å². The van der Waals surface area contributed by atoms with Gasteiger partial charge in [0.15, 0.2) is 6.56 Å². The monoisotopic (exact) mass is 379 g/mol.